The van der Waals surface area contributed by atoms with Gasteiger partial charge in [0, 0.05) is 0 Å². The molecular formula is C23H17N21O. The molecule has 0 saturated carbocycles. The molecule has 22 heteroatoms. The van der Waals surface area contributed by atoms with Crippen LogP contribution in [0.25, 0.3) is 23.2 Å². The molecule has 0 atom stereocenters. The molecule has 0 aliphatic rings. The maximum Gasteiger partial charge on any atom is 0.320 e. The number of hydrogen-bond donors (Lipinski definition) is 3. The van der Waals surface area contributed by atoms with Crippen molar-refractivity contribution in [1.29, 1.82) is 10.5 Å². The van der Waals surface area contributed by atoms with E-state index in [4.69, 9.17) is 0 Å². The normalized spacial score (nSPS) is 11.9. The molecule has 45 heavy (non-hydrogen) atoms. The van der Waals surface area contributed by atoms with Gasteiger partial charge >= 0.3 is 6.01 Å². The fourth-order valence-electron chi connectivity index (χ4n) is 4.34. The fourth-order valence-corrected chi connectivity index (χ4v) is 4.34. The van der Waals surface area contributed by atoms with E-state index in [0.717, 1.165) is 9.36 Å². The first-order chi connectivity index (χ1) is 21.7. The van der Waals surface area contributed by atoms with Crippen LogP contribution >= 0.6 is 0 Å². The first-order valence-corrected chi connectivity index (χ1v) is 12.8. The Labute approximate surface area is 249 Å². The van der Waals surface area contributed by atoms with Crippen molar-refractivity contribution in [2.75, 3.05) is 0 Å². The molecule has 7 aromatic heterocycles. The Balaban J connectivity index is 1.30. The zero-order valence-corrected chi connectivity index (χ0v) is 23.6. The van der Waals surface area contributed by atoms with E-state index >= 15 is 0 Å². The van der Waals surface area contributed by atoms with Crippen molar-refractivity contribution >= 4 is 34.3 Å². The van der Waals surface area contributed by atoms with Gasteiger partial charge in [0.15, 0.2) is 34.3 Å². The molecule has 0 amide bonds. The molecule has 0 aromatic carbocycles. The summed E-state index contributed by atoms with van der Waals surface area (Å²) in [5, 5.41) is 72.3. The van der Waals surface area contributed by atoms with E-state index in [1.54, 1.807) is 27.7 Å². The van der Waals surface area contributed by atoms with Crippen molar-refractivity contribution in [3.63, 3.8) is 0 Å². The maximum atomic E-state index is 10.5. The molecular weight excluding hydrogens is 586 g/mol. The predicted molar refractivity (Wildman–Crippen MR) is 147 cm³/mol. The largest absolute Gasteiger partial charge is 0.479 e. The summed E-state index contributed by atoms with van der Waals surface area (Å²) in [5.41, 5.74) is 2.93. The molecule has 0 aliphatic heterocycles. The lowest BCUT2D eigenvalue weighted by atomic mass is 10.4. The third-order valence-electron chi connectivity index (χ3n) is 6.31. The Bertz CT molecular complexity index is 2260. The lowest BCUT2D eigenvalue weighted by Gasteiger charge is -2.06. The Hall–Kier alpha value is -7.23. The van der Waals surface area contributed by atoms with Gasteiger partial charge in [-0.25, -0.2) is 0 Å². The molecule has 0 unspecified atom stereocenters. The number of H-pyrrole nitrogens is 2. The van der Waals surface area contributed by atoms with Crippen LogP contribution in [0.15, 0.2) is 32.9 Å². The number of aryl methyl sites for hydroxylation is 4. The zero-order chi connectivity index (χ0) is 31.4. The van der Waals surface area contributed by atoms with Crippen LogP contribution < -0.4 is 0 Å². The van der Waals surface area contributed by atoms with E-state index in [0.29, 0.717) is 45.7 Å². The topological polar surface area (TPSA) is 284 Å². The summed E-state index contributed by atoms with van der Waals surface area (Å²) in [6, 6.07) is 3.27. The Kier molecular flexibility index (Phi) is 5.89. The van der Waals surface area contributed by atoms with E-state index in [1.807, 2.05) is 12.1 Å². The van der Waals surface area contributed by atoms with E-state index < -0.39 is 6.01 Å². The number of aromatic amines is 2. The minimum absolute atomic E-state index is 0.0410. The summed E-state index contributed by atoms with van der Waals surface area (Å²) in [7, 11) is 0. The quantitative estimate of drug-likeness (QED) is 0.231. The highest BCUT2D eigenvalue weighted by atomic mass is 16.3. The van der Waals surface area contributed by atoms with Crippen molar-refractivity contribution < 1.29 is 5.11 Å². The van der Waals surface area contributed by atoms with E-state index in [2.05, 4.69) is 76.0 Å². The predicted octanol–water partition coefficient (Wildman–Crippen LogP) is 2.50. The first-order valence-electron chi connectivity index (χ1n) is 12.8. The van der Waals surface area contributed by atoms with Crippen LogP contribution in [0.3, 0.4) is 0 Å². The van der Waals surface area contributed by atoms with Crippen molar-refractivity contribution in [2.24, 2.45) is 20.5 Å². The second-order valence-corrected chi connectivity index (χ2v) is 9.41. The highest BCUT2D eigenvalue weighted by molar-refractivity contribution is 5.67. The minimum atomic E-state index is -0.715. The summed E-state index contributed by atoms with van der Waals surface area (Å²) in [4.78, 5) is 18.4. The number of nitrogens with one attached hydrogen (secondary N) is 2. The van der Waals surface area contributed by atoms with Crippen LogP contribution in [-0.4, -0.2) is 79.2 Å². The molecule has 0 aliphatic carbocycles. The number of nitriles is 2. The van der Waals surface area contributed by atoms with Gasteiger partial charge in [0.25, 0.3) is 11.9 Å². The van der Waals surface area contributed by atoms with Crippen molar-refractivity contribution in [3.05, 3.63) is 46.6 Å². The number of azo groups is 2. The fraction of sp³-hybridized carbons (Fsp3) is 0.174. The summed E-state index contributed by atoms with van der Waals surface area (Å²) < 4.78 is 4.95. The molecule has 7 rings (SSSR count). The molecule has 0 saturated heterocycles. The van der Waals surface area contributed by atoms with Gasteiger partial charge in [-0.3, -0.25) is 0 Å². The third-order valence-corrected chi connectivity index (χ3v) is 6.31. The SMILES string of the molecule is Cc1nn2nc(C)c(N=Nc3c(C#N)cnn3-c3nc(O)nc(-n4ncc(C#N)c4N=Nc4c(C)nn5nc(C)[nH]c45)n3)c2[nH]1. The molecule has 7 heterocycles. The number of aromatic hydroxyl groups is 1. The van der Waals surface area contributed by atoms with Crippen LogP contribution in [0.1, 0.15) is 34.2 Å². The number of hydrogen-bond acceptors (Lipinski definition) is 16. The Morgan fingerprint density at radius 1 is 0.667 bits per heavy atom. The van der Waals surface area contributed by atoms with Gasteiger partial charge in [-0.05, 0) is 27.7 Å². The average molecular weight is 604 g/mol. The summed E-state index contributed by atoms with van der Waals surface area (Å²) in [6.45, 7) is 6.99. The zero-order valence-electron chi connectivity index (χ0n) is 23.6. The molecule has 0 fully saturated rings. The van der Waals surface area contributed by atoms with Gasteiger partial charge in [-0.2, -0.15) is 55.2 Å². The van der Waals surface area contributed by atoms with Gasteiger partial charge in [0.1, 0.15) is 34.9 Å². The molecule has 22 nitrogen and oxygen atoms in total. The molecule has 7 aromatic rings. The third kappa shape index (κ3) is 4.38. The van der Waals surface area contributed by atoms with Gasteiger partial charge < -0.3 is 15.1 Å². The van der Waals surface area contributed by atoms with Crippen LogP contribution in [0, 0.1) is 50.4 Å². The molecule has 0 spiro atoms. The first kappa shape index (κ1) is 26.7. The molecule has 0 bridgehead atoms. The summed E-state index contributed by atoms with van der Waals surface area (Å²) >= 11 is 0. The summed E-state index contributed by atoms with van der Waals surface area (Å²) in [5.74, 6) is 0.678. The number of fused-ring (bicyclic) bond motifs is 2. The molecule has 220 valence electrons. The van der Waals surface area contributed by atoms with Crippen molar-refractivity contribution in [2.45, 2.75) is 27.7 Å². The number of aromatic nitrogens is 15. The van der Waals surface area contributed by atoms with Crippen LogP contribution in [0.4, 0.5) is 23.0 Å². The lowest BCUT2D eigenvalue weighted by Crippen LogP contribution is -2.10. The standard InChI is InChI=1S/C23H17N21O/c1-9-15(19-28-11(3)39-43(19)37-9)33-35-17-13(5-24)7-26-41(17)21-30-22(32-23(45)31-21)42-18(14(6-25)8-27-42)36-34-16-10(2)38-44-20(16)29-12(4)40-44/h7-8H,1-4H3,(H,28,39)(H,29,40)(H,30,31,32,45). The Morgan fingerprint density at radius 2 is 1.11 bits per heavy atom. The molecule has 3 N–H and O–H groups in total. The van der Waals surface area contributed by atoms with Gasteiger partial charge in [0.2, 0.25) is 0 Å². The van der Waals surface area contributed by atoms with Crippen LogP contribution in [-0.2, 0) is 0 Å². The second kappa shape index (κ2) is 9.95. The van der Waals surface area contributed by atoms with Gasteiger partial charge in [-0.1, -0.05) is 0 Å². The number of nitrogens with zero attached hydrogens (tertiary/aromatic N) is 19. The number of rotatable bonds is 6. The van der Waals surface area contributed by atoms with Crippen LogP contribution in [0.5, 0.6) is 6.01 Å². The van der Waals surface area contributed by atoms with E-state index in [9.17, 15) is 15.6 Å². The maximum absolute atomic E-state index is 10.5. The Morgan fingerprint density at radius 3 is 1.53 bits per heavy atom. The second-order valence-electron chi connectivity index (χ2n) is 9.41. The van der Waals surface area contributed by atoms with E-state index in [-0.39, 0.29) is 34.7 Å². The van der Waals surface area contributed by atoms with Crippen molar-refractivity contribution in [3.8, 4) is 30.0 Å². The van der Waals surface area contributed by atoms with E-state index in [1.165, 1.54) is 21.7 Å². The highest BCUT2D eigenvalue weighted by Crippen LogP contribution is 2.30. The van der Waals surface area contributed by atoms with Crippen molar-refractivity contribution in [1.82, 2.24) is 74.1 Å². The van der Waals surface area contributed by atoms with Gasteiger partial charge in [0.05, 0.1) is 23.8 Å². The minimum Gasteiger partial charge on any atom is -0.479 e. The lowest BCUT2D eigenvalue weighted by molar-refractivity contribution is 0.423. The van der Waals surface area contributed by atoms with Gasteiger partial charge in [-0.15, -0.1) is 39.9 Å². The summed E-state index contributed by atoms with van der Waals surface area (Å²) in [6.07, 6.45) is 2.48. The monoisotopic (exact) mass is 603 g/mol. The smallest absolute Gasteiger partial charge is 0.320 e. The van der Waals surface area contributed by atoms with Crippen LogP contribution in [0.2, 0.25) is 0 Å². The highest BCUT2D eigenvalue weighted by Gasteiger charge is 2.22. The average Bonchev–Trinajstić information content (AvgIpc) is 3.83. The molecule has 0 radical (unpaired) electrons.